The molecular formula is C13H10F6N2O3. The van der Waals surface area contributed by atoms with Gasteiger partial charge in [-0.05, 0) is 19.1 Å². The van der Waals surface area contributed by atoms with E-state index >= 15 is 0 Å². The fourth-order valence-corrected chi connectivity index (χ4v) is 2.25. The summed E-state index contributed by atoms with van der Waals surface area (Å²) in [5, 5.41) is 8.77. The smallest absolute Gasteiger partial charge is 0.369 e. The lowest BCUT2D eigenvalue weighted by Crippen LogP contribution is -2.54. The first-order chi connectivity index (χ1) is 10.8. The lowest BCUT2D eigenvalue weighted by molar-refractivity contribution is -0.376. The van der Waals surface area contributed by atoms with Crippen LogP contribution in [0.1, 0.15) is 12.5 Å². The Kier molecular flexibility index (Phi) is 4.03. The van der Waals surface area contributed by atoms with Crippen LogP contribution in [0.25, 0.3) is 10.9 Å². The van der Waals surface area contributed by atoms with Crippen LogP contribution < -0.4 is 11.2 Å². The van der Waals surface area contributed by atoms with Gasteiger partial charge in [-0.1, -0.05) is 6.07 Å². The number of nitrogens with one attached hydrogen (secondary N) is 1. The standard InChI is InChI=1S/C13H10F6N2O3/c1-2-21-9(22)7-5-6(3-4-8(7)20-10(21)23)11(24,12(14,15)16)13(17,18)19/h3-5,24H,2H2,1H3,(H,20,23). The average molecular weight is 356 g/mol. The van der Waals surface area contributed by atoms with Crippen LogP contribution in [0.4, 0.5) is 26.3 Å². The Balaban J connectivity index is 2.88. The fourth-order valence-electron chi connectivity index (χ4n) is 2.25. The molecule has 0 atom stereocenters. The zero-order valence-electron chi connectivity index (χ0n) is 11.9. The first kappa shape index (κ1) is 18.0. The molecule has 24 heavy (non-hydrogen) atoms. The lowest BCUT2D eigenvalue weighted by Gasteiger charge is -2.32. The Bertz CT molecular complexity index is 880. The maximum Gasteiger partial charge on any atom is 0.430 e. The number of hydrogen-bond donors (Lipinski definition) is 2. The SMILES string of the molecule is CCn1c(=O)[nH]c2ccc(C(O)(C(F)(F)F)C(F)(F)F)cc2c1=O. The van der Waals surface area contributed by atoms with Crippen molar-refractivity contribution in [1.29, 1.82) is 0 Å². The van der Waals surface area contributed by atoms with Gasteiger partial charge in [0.25, 0.3) is 11.2 Å². The zero-order chi connectivity index (χ0) is 18.5. The molecule has 1 heterocycles. The van der Waals surface area contributed by atoms with E-state index in [9.17, 15) is 41.0 Å². The molecule has 132 valence electrons. The summed E-state index contributed by atoms with van der Waals surface area (Å²) < 4.78 is 77.9. The van der Waals surface area contributed by atoms with Crippen LogP contribution in [0.2, 0.25) is 0 Å². The quantitative estimate of drug-likeness (QED) is 0.809. The number of halogens is 6. The summed E-state index contributed by atoms with van der Waals surface area (Å²) in [4.78, 5) is 25.8. The van der Waals surface area contributed by atoms with Gasteiger partial charge in [0.15, 0.2) is 0 Å². The van der Waals surface area contributed by atoms with E-state index < -0.39 is 40.2 Å². The molecule has 0 amide bonds. The van der Waals surface area contributed by atoms with Crippen molar-refractivity contribution in [1.82, 2.24) is 9.55 Å². The molecule has 0 bridgehead atoms. The van der Waals surface area contributed by atoms with Crippen molar-refractivity contribution >= 4 is 10.9 Å². The van der Waals surface area contributed by atoms with Gasteiger partial charge in [-0.2, -0.15) is 26.3 Å². The molecule has 0 saturated heterocycles. The summed E-state index contributed by atoms with van der Waals surface area (Å²) in [6.45, 7) is 1.26. The van der Waals surface area contributed by atoms with E-state index in [1.165, 1.54) is 6.92 Å². The molecule has 5 nitrogen and oxygen atoms in total. The molecule has 0 aliphatic rings. The van der Waals surface area contributed by atoms with Crippen LogP contribution >= 0.6 is 0 Å². The fraction of sp³-hybridized carbons (Fsp3) is 0.385. The number of benzene rings is 1. The topological polar surface area (TPSA) is 75.1 Å². The molecule has 11 heteroatoms. The molecule has 0 fully saturated rings. The zero-order valence-corrected chi connectivity index (χ0v) is 11.9. The summed E-state index contributed by atoms with van der Waals surface area (Å²) in [6.07, 6.45) is -12.1. The van der Waals surface area contributed by atoms with Crippen LogP contribution in [-0.4, -0.2) is 27.0 Å². The first-order valence-corrected chi connectivity index (χ1v) is 6.47. The molecule has 0 aliphatic heterocycles. The molecule has 0 radical (unpaired) electrons. The third kappa shape index (κ3) is 2.48. The van der Waals surface area contributed by atoms with Gasteiger partial charge in [-0.15, -0.1) is 0 Å². The van der Waals surface area contributed by atoms with Gasteiger partial charge in [-0.3, -0.25) is 9.36 Å². The first-order valence-electron chi connectivity index (χ1n) is 6.47. The minimum Gasteiger partial charge on any atom is -0.369 e. The molecule has 2 rings (SSSR count). The summed E-state index contributed by atoms with van der Waals surface area (Å²) in [5.41, 5.74) is -8.88. The van der Waals surface area contributed by atoms with Gasteiger partial charge < -0.3 is 10.1 Å². The highest BCUT2D eigenvalue weighted by Gasteiger charge is 2.71. The molecule has 0 spiro atoms. The lowest BCUT2D eigenvalue weighted by atomic mass is 9.91. The van der Waals surface area contributed by atoms with Gasteiger partial charge in [0.1, 0.15) is 0 Å². The van der Waals surface area contributed by atoms with E-state index in [2.05, 4.69) is 4.98 Å². The van der Waals surface area contributed by atoms with Gasteiger partial charge in [-0.25, -0.2) is 4.79 Å². The molecule has 1 aromatic heterocycles. The van der Waals surface area contributed by atoms with E-state index in [0.717, 1.165) is 0 Å². The largest absolute Gasteiger partial charge is 0.430 e. The van der Waals surface area contributed by atoms with Crippen LogP contribution in [0.3, 0.4) is 0 Å². The van der Waals surface area contributed by atoms with Crippen molar-refractivity contribution < 1.29 is 31.4 Å². The van der Waals surface area contributed by atoms with Crippen molar-refractivity contribution in [3.63, 3.8) is 0 Å². The Labute approximate surface area is 129 Å². The Morgan fingerprint density at radius 2 is 1.62 bits per heavy atom. The number of aromatic nitrogens is 2. The van der Waals surface area contributed by atoms with Crippen LogP contribution in [-0.2, 0) is 12.1 Å². The van der Waals surface area contributed by atoms with Crippen molar-refractivity contribution in [2.24, 2.45) is 0 Å². The monoisotopic (exact) mass is 356 g/mol. The van der Waals surface area contributed by atoms with E-state index in [4.69, 9.17) is 0 Å². The van der Waals surface area contributed by atoms with Gasteiger partial charge in [0, 0.05) is 12.1 Å². The number of rotatable bonds is 2. The molecule has 1 aromatic carbocycles. The van der Waals surface area contributed by atoms with Crippen molar-refractivity contribution in [3.8, 4) is 0 Å². The number of alkyl halides is 6. The second kappa shape index (κ2) is 5.36. The molecule has 0 saturated carbocycles. The van der Waals surface area contributed by atoms with Crippen LogP contribution in [0, 0.1) is 0 Å². The third-order valence-electron chi connectivity index (χ3n) is 3.54. The van der Waals surface area contributed by atoms with Gasteiger partial charge in [0.2, 0.25) is 0 Å². The Morgan fingerprint density at radius 3 is 2.08 bits per heavy atom. The summed E-state index contributed by atoms with van der Waals surface area (Å²) in [6, 6.07) is 1.34. The maximum absolute atomic E-state index is 12.9. The normalized spacial score (nSPS) is 13.5. The minimum absolute atomic E-state index is 0.142. The van der Waals surface area contributed by atoms with E-state index in [1.807, 2.05) is 0 Å². The predicted octanol–water partition coefficient (Wildman–Crippen LogP) is 2.02. The number of fused-ring (bicyclic) bond motifs is 1. The van der Waals surface area contributed by atoms with E-state index in [0.29, 0.717) is 16.7 Å². The number of hydrogen-bond acceptors (Lipinski definition) is 3. The minimum atomic E-state index is -6.06. The van der Waals surface area contributed by atoms with Gasteiger partial charge >= 0.3 is 18.0 Å². The number of H-pyrrole nitrogens is 1. The molecule has 2 aromatic rings. The van der Waals surface area contributed by atoms with Crippen molar-refractivity contribution in [2.45, 2.75) is 31.4 Å². The molecule has 2 N–H and O–H groups in total. The predicted molar refractivity (Wildman–Crippen MR) is 70.5 cm³/mol. The Hall–Kier alpha value is -2.30. The molecular weight excluding hydrogens is 346 g/mol. The number of nitrogens with zero attached hydrogens (tertiary/aromatic N) is 1. The van der Waals surface area contributed by atoms with Crippen LogP contribution in [0.5, 0.6) is 0 Å². The number of aromatic amines is 1. The van der Waals surface area contributed by atoms with E-state index in [-0.39, 0.29) is 18.1 Å². The highest BCUT2D eigenvalue weighted by Crippen LogP contribution is 2.50. The van der Waals surface area contributed by atoms with Crippen LogP contribution in [0.15, 0.2) is 27.8 Å². The van der Waals surface area contributed by atoms with E-state index in [1.54, 1.807) is 0 Å². The second-order valence-corrected chi connectivity index (χ2v) is 4.95. The van der Waals surface area contributed by atoms with Crippen molar-refractivity contribution in [3.05, 3.63) is 44.6 Å². The number of aliphatic hydroxyl groups is 1. The Morgan fingerprint density at radius 1 is 1.08 bits per heavy atom. The molecule has 0 unspecified atom stereocenters. The average Bonchev–Trinajstić information content (AvgIpc) is 2.44. The maximum atomic E-state index is 12.9. The highest BCUT2D eigenvalue weighted by molar-refractivity contribution is 5.78. The summed E-state index contributed by atoms with van der Waals surface area (Å²) in [5.74, 6) is 0. The summed E-state index contributed by atoms with van der Waals surface area (Å²) >= 11 is 0. The van der Waals surface area contributed by atoms with Crippen molar-refractivity contribution in [2.75, 3.05) is 0 Å². The second-order valence-electron chi connectivity index (χ2n) is 4.95. The highest BCUT2D eigenvalue weighted by atomic mass is 19.4. The third-order valence-corrected chi connectivity index (χ3v) is 3.54. The summed E-state index contributed by atoms with van der Waals surface area (Å²) in [7, 11) is 0. The molecule has 0 aliphatic carbocycles. The van der Waals surface area contributed by atoms with Gasteiger partial charge in [0.05, 0.1) is 10.9 Å².